The topological polar surface area (TPSA) is 190 Å². The summed E-state index contributed by atoms with van der Waals surface area (Å²) in [6.07, 6.45) is -1.27. The van der Waals surface area contributed by atoms with Gasteiger partial charge in [-0.05, 0) is 59.9 Å². The molecule has 234 valence electrons. The number of hydrogen-bond donors (Lipinski definition) is 6. The summed E-state index contributed by atoms with van der Waals surface area (Å²) in [5, 5.41) is 49.5. The number of phenolic OH excluding ortho intramolecular Hbond substituents is 1. The van der Waals surface area contributed by atoms with Gasteiger partial charge in [0, 0.05) is 48.9 Å². The van der Waals surface area contributed by atoms with E-state index in [1.807, 2.05) is 4.90 Å². The number of benzene rings is 2. The fourth-order valence-electron chi connectivity index (χ4n) is 8.17. The molecule has 3 aliphatic carbocycles. The Bertz CT molecular complexity index is 1650. The van der Waals surface area contributed by atoms with Crippen LogP contribution in [-0.4, -0.2) is 69.6 Å². The SMILES string of the molecule is CC(=O)Nc1cccc(-c2cc(N(C)C)c3c(c2O)C(=O)C2=C(O)[C@]4(O)C(=O)C(C(N)=O)C(O)C(C(C)C)[C@]4(C)C[C@@H]2C3)c1. The van der Waals surface area contributed by atoms with Gasteiger partial charge in [0.1, 0.15) is 17.4 Å². The van der Waals surface area contributed by atoms with Crippen LogP contribution in [0.15, 0.2) is 41.7 Å². The molecule has 0 saturated heterocycles. The molecule has 5 rings (SSSR count). The Morgan fingerprint density at radius 2 is 1.80 bits per heavy atom. The molecule has 44 heavy (non-hydrogen) atoms. The first-order valence-corrected chi connectivity index (χ1v) is 14.6. The lowest BCUT2D eigenvalue weighted by atomic mass is 9.45. The summed E-state index contributed by atoms with van der Waals surface area (Å²) in [6.45, 7) is 6.54. The zero-order chi connectivity index (χ0) is 32.6. The van der Waals surface area contributed by atoms with E-state index in [1.165, 1.54) is 6.92 Å². The predicted octanol–water partition coefficient (Wildman–Crippen LogP) is 2.71. The van der Waals surface area contributed by atoms with Gasteiger partial charge in [-0.1, -0.05) is 32.9 Å². The molecule has 2 aromatic carbocycles. The second-order valence-corrected chi connectivity index (χ2v) is 13.1. The summed E-state index contributed by atoms with van der Waals surface area (Å²) in [5.74, 6) is -8.16. The lowest BCUT2D eigenvalue weighted by Crippen LogP contribution is -2.72. The number of amides is 2. The largest absolute Gasteiger partial charge is 0.508 e. The summed E-state index contributed by atoms with van der Waals surface area (Å²) in [7, 11) is 3.60. The highest BCUT2D eigenvalue weighted by Gasteiger charge is 2.71. The third-order valence-corrected chi connectivity index (χ3v) is 9.89. The Balaban J connectivity index is 1.75. The molecule has 0 heterocycles. The number of ketones is 2. The van der Waals surface area contributed by atoms with E-state index < -0.39 is 58.1 Å². The van der Waals surface area contributed by atoms with Crippen molar-refractivity contribution in [3.8, 4) is 16.9 Å². The van der Waals surface area contributed by atoms with Crippen LogP contribution in [0.2, 0.25) is 0 Å². The highest BCUT2D eigenvalue weighted by Crippen LogP contribution is 2.62. The molecule has 1 fully saturated rings. The Morgan fingerprint density at radius 1 is 1.14 bits per heavy atom. The fraction of sp³-hybridized carbons (Fsp3) is 0.455. The average molecular weight is 606 g/mol. The molecule has 0 aliphatic heterocycles. The molecule has 3 unspecified atom stereocenters. The number of aliphatic hydroxyl groups is 3. The number of aromatic hydroxyl groups is 1. The van der Waals surface area contributed by atoms with E-state index in [9.17, 15) is 39.6 Å². The van der Waals surface area contributed by atoms with Gasteiger partial charge in [-0.15, -0.1) is 0 Å². The molecule has 2 amide bonds. The quantitative estimate of drug-likeness (QED) is 0.278. The van der Waals surface area contributed by atoms with Crippen molar-refractivity contribution in [2.45, 2.75) is 52.2 Å². The van der Waals surface area contributed by atoms with E-state index in [4.69, 9.17) is 5.73 Å². The predicted molar refractivity (Wildman–Crippen MR) is 163 cm³/mol. The maximum atomic E-state index is 14.4. The smallest absolute Gasteiger partial charge is 0.230 e. The number of rotatable bonds is 5. The number of Topliss-reactive ketones (excluding diaryl/α,β-unsaturated/α-hetero) is 2. The maximum absolute atomic E-state index is 14.4. The number of carbonyl (C=O) groups excluding carboxylic acids is 4. The number of anilines is 2. The molecule has 3 aliphatic rings. The number of hydrogen-bond acceptors (Lipinski definition) is 9. The molecule has 11 heteroatoms. The standard InChI is InChI=1S/C33H39N3O8/c1-14(2)25-28(40)24(31(34)43)30(42)33(44)29(41)22-17(13-32(25,33)4)11-20-21(36(5)6)12-19(26(38)23(20)27(22)39)16-8-7-9-18(10-16)35-15(3)37/h7-10,12,14,17,24-25,28,38,40-41,44H,11,13H2,1-6H3,(H2,34,43)(H,35,37)/t17-,24?,25?,28?,32-,33-/m0/s1. The molecule has 0 spiro atoms. The molecule has 7 N–H and O–H groups in total. The number of nitrogens with one attached hydrogen (secondary N) is 1. The minimum atomic E-state index is -2.68. The van der Waals surface area contributed by atoms with Crippen molar-refractivity contribution >= 4 is 34.8 Å². The third kappa shape index (κ3) is 4.24. The van der Waals surface area contributed by atoms with E-state index in [1.54, 1.807) is 65.2 Å². The molecular formula is C33H39N3O8. The van der Waals surface area contributed by atoms with Crippen LogP contribution >= 0.6 is 0 Å². The fourth-order valence-corrected chi connectivity index (χ4v) is 8.17. The molecule has 6 atom stereocenters. The number of fused-ring (bicyclic) bond motifs is 3. The van der Waals surface area contributed by atoms with E-state index in [2.05, 4.69) is 5.32 Å². The normalized spacial score (nSPS) is 29.6. The number of nitrogens with zero attached hydrogens (tertiary/aromatic N) is 1. The minimum absolute atomic E-state index is 0.0410. The molecule has 0 radical (unpaired) electrons. The third-order valence-electron chi connectivity index (χ3n) is 9.89. The highest BCUT2D eigenvalue weighted by atomic mass is 16.4. The monoisotopic (exact) mass is 605 g/mol. The summed E-state index contributed by atoms with van der Waals surface area (Å²) in [4.78, 5) is 54.0. The van der Waals surface area contributed by atoms with Gasteiger partial charge in [0.2, 0.25) is 11.8 Å². The molecular weight excluding hydrogens is 566 g/mol. The molecule has 0 bridgehead atoms. The van der Waals surface area contributed by atoms with Crippen molar-refractivity contribution in [3.05, 3.63) is 52.8 Å². The summed E-state index contributed by atoms with van der Waals surface area (Å²) in [6, 6.07) is 8.52. The van der Waals surface area contributed by atoms with Gasteiger partial charge in [-0.2, -0.15) is 0 Å². The first-order valence-electron chi connectivity index (χ1n) is 14.6. The van der Waals surface area contributed by atoms with Crippen molar-refractivity contribution < 1.29 is 39.6 Å². The van der Waals surface area contributed by atoms with Crippen molar-refractivity contribution in [1.29, 1.82) is 0 Å². The van der Waals surface area contributed by atoms with Crippen LogP contribution in [0.5, 0.6) is 5.75 Å². The summed E-state index contributed by atoms with van der Waals surface area (Å²) < 4.78 is 0. The number of aliphatic hydroxyl groups excluding tert-OH is 2. The van der Waals surface area contributed by atoms with E-state index in [0.29, 0.717) is 28.1 Å². The Hall–Kier alpha value is -4.22. The van der Waals surface area contributed by atoms with Gasteiger partial charge in [-0.3, -0.25) is 19.2 Å². The van der Waals surface area contributed by atoms with Crippen LogP contribution < -0.4 is 16.0 Å². The molecule has 0 aromatic heterocycles. The Morgan fingerprint density at radius 3 is 2.36 bits per heavy atom. The second-order valence-electron chi connectivity index (χ2n) is 13.1. The van der Waals surface area contributed by atoms with Crippen LogP contribution in [0, 0.1) is 29.1 Å². The van der Waals surface area contributed by atoms with E-state index in [-0.39, 0.29) is 41.6 Å². The van der Waals surface area contributed by atoms with Crippen LogP contribution in [0.4, 0.5) is 11.4 Å². The number of nitrogens with two attached hydrogens (primary N) is 1. The maximum Gasteiger partial charge on any atom is 0.230 e. The molecule has 1 saturated carbocycles. The van der Waals surface area contributed by atoms with Crippen molar-refractivity contribution in [1.82, 2.24) is 0 Å². The van der Waals surface area contributed by atoms with Gasteiger partial charge in [0.25, 0.3) is 0 Å². The zero-order valence-electron chi connectivity index (χ0n) is 25.6. The van der Waals surface area contributed by atoms with Crippen molar-refractivity contribution in [3.63, 3.8) is 0 Å². The van der Waals surface area contributed by atoms with Gasteiger partial charge < -0.3 is 36.4 Å². The van der Waals surface area contributed by atoms with Crippen LogP contribution in [-0.2, 0) is 20.8 Å². The zero-order valence-corrected chi connectivity index (χ0v) is 25.6. The lowest BCUT2D eigenvalue weighted by Gasteiger charge is -2.60. The van der Waals surface area contributed by atoms with Crippen molar-refractivity contribution in [2.24, 2.45) is 34.8 Å². The Labute approximate surface area is 255 Å². The highest BCUT2D eigenvalue weighted by molar-refractivity contribution is 6.17. The minimum Gasteiger partial charge on any atom is -0.508 e. The average Bonchev–Trinajstić information content (AvgIpc) is 2.90. The number of carbonyl (C=O) groups is 4. The first-order chi connectivity index (χ1) is 20.5. The van der Waals surface area contributed by atoms with Gasteiger partial charge in [0.05, 0.1) is 11.7 Å². The van der Waals surface area contributed by atoms with Crippen LogP contribution in [0.1, 0.15) is 50.0 Å². The van der Waals surface area contributed by atoms with Gasteiger partial charge in [-0.25, -0.2) is 0 Å². The van der Waals surface area contributed by atoms with E-state index in [0.717, 1.165) is 0 Å². The molecule has 2 aromatic rings. The first kappa shape index (κ1) is 31.2. The summed E-state index contributed by atoms with van der Waals surface area (Å²) in [5.41, 5.74) is 3.59. The number of primary amides is 1. The lowest BCUT2D eigenvalue weighted by molar-refractivity contribution is -0.206. The summed E-state index contributed by atoms with van der Waals surface area (Å²) >= 11 is 0. The number of phenols is 1. The van der Waals surface area contributed by atoms with Gasteiger partial charge in [0.15, 0.2) is 17.2 Å². The number of allylic oxidation sites excluding steroid dienone is 1. The van der Waals surface area contributed by atoms with E-state index >= 15 is 0 Å². The second kappa shape index (κ2) is 10.4. The van der Waals surface area contributed by atoms with Crippen LogP contribution in [0.25, 0.3) is 11.1 Å². The molecule has 11 nitrogen and oxygen atoms in total. The van der Waals surface area contributed by atoms with Crippen LogP contribution in [0.3, 0.4) is 0 Å². The van der Waals surface area contributed by atoms with Crippen molar-refractivity contribution in [2.75, 3.05) is 24.3 Å². The Kier molecular flexibility index (Phi) is 7.41. The van der Waals surface area contributed by atoms with Gasteiger partial charge >= 0.3 is 0 Å².